The summed E-state index contributed by atoms with van der Waals surface area (Å²) in [5.41, 5.74) is 0.129. The summed E-state index contributed by atoms with van der Waals surface area (Å²) in [6.45, 7) is 16.0. The molecule has 0 aromatic rings. The quantitative estimate of drug-likeness (QED) is 0.231. The van der Waals surface area contributed by atoms with Gasteiger partial charge in [0, 0.05) is 51.7 Å². The summed E-state index contributed by atoms with van der Waals surface area (Å²) in [5, 5.41) is 34.2. The number of hydrogen-bond acceptors (Lipinski definition) is 14. The average molecular weight is 859 g/mol. The van der Waals surface area contributed by atoms with Crippen LogP contribution in [0.3, 0.4) is 0 Å². The molecule has 7 rings (SSSR count). The smallest absolute Gasteiger partial charge is 0.316 e. The normalized spacial score (nSPS) is 49.3. The summed E-state index contributed by atoms with van der Waals surface area (Å²) in [7, 11) is 3.22. The zero-order valence-corrected chi connectivity index (χ0v) is 37.5. The van der Waals surface area contributed by atoms with Gasteiger partial charge in [0.2, 0.25) is 0 Å². The molecule has 19 atom stereocenters. The Bertz CT molecular complexity index is 1710. The van der Waals surface area contributed by atoms with Gasteiger partial charge in [-0.05, 0) is 62.8 Å². The minimum Gasteiger partial charge on any atom is -0.462 e. The van der Waals surface area contributed by atoms with Crippen molar-refractivity contribution in [2.45, 2.75) is 185 Å². The molecular weight excluding hydrogens is 789 g/mol. The van der Waals surface area contributed by atoms with Gasteiger partial charge in [0.1, 0.15) is 42.0 Å². The second-order valence-electron chi connectivity index (χ2n) is 18.8. The highest BCUT2D eigenvalue weighted by Gasteiger charge is 2.60. The number of rotatable bonds is 7. The first kappa shape index (κ1) is 46.7. The van der Waals surface area contributed by atoms with Crippen LogP contribution in [0.25, 0.3) is 0 Å². The molecule has 3 N–H and O–H groups in total. The molecule has 342 valence electrons. The van der Waals surface area contributed by atoms with Gasteiger partial charge in [0.15, 0.2) is 18.4 Å². The number of allylic oxidation sites excluding steroid dienone is 2. The van der Waals surface area contributed by atoms with Crippen LogP contribution in [0.1, 0.15) is 87.5 Å². The van der Waals surface area contributed by atoms with E-state index >= 15 is 0 Å². The number of hydrogen-bond donors (Lipinski definition) is 3. The highest BCUT2D eigenvalue weighted by Crippen LogP contribution is 2.47. The highest BCUT2D eigenvalue weighted by atomic mass is 16.7. The average Bonchev–Trinajstić information content (AvgIpc) is 3.56. The fourth-order valence-electron chi connectivity index (χ4n) is 10.4. The van der Waals surface area contributed by atoms with Crippen molar-refractivity contribution in [3.05, 3.63) is 59.3 Å². The zero-order chi connectivity index (χ0) is 44.0. The monoisotopic (exact) mass is 858 g/mol. The Morgan fingerprint density at radius 2 is 1.56 bits per heavy atom. The lowest BCUT2D eigenvalue weighted by Gasteiger charge is -2.48. The van der Waals surface area contributed by atoms with Crippen molar-refractivity contribution >= 4 is 5.97 Å². The number of aliphatic hydroxyl groups is 3. The largest absolute Gasteiger partial charge is 0.462 e. The van der Waals surface area contributed by atoms with Crippen molar-refractivity contribution in [3.8, 4) is 0 Å². The van der Waals surface area contributed by atoms with E-state index in [1.807, 2.05) is 32.1 Å². The number of carbonyl (C=O) groups excluding carboxylic acids is 1. The van der Waals surface area contributed by atoms with Crippen molar-refractivity contribution in [3.63, 3.8) is 0 Å². The molecule has 0 aromatic carbocycles. The lowest BCUT2D eigenvalue weighted by atomic mass is 9.71. The Kier molecular flexibility index (Phi) is 14.6. The summed E-state index contributed by atoms with van der Waals surface area (Å²) in [6.07, 6.45) is 7.54. The molecule has 1 spiro atoms. The second-order valence-corrected chi connectivity index (χ2v) is 18.8. The first-order valence-corrected chi connectivity index (χ1v) is 22.3. The Hall–Kier alpha value is -2.31. The van der Waals surface area contributed by atoms with E-state index < -0.39 is 90.8 Å². The van der Waals surface area contributed by atoms with E-state index in [-0.39, 0.29) is 42.7 Å². The van der Waals surface area contributed by atoms with E-state index in [1.54, 1.807) is 40.2 Å². The predicted octanol–water partition coefficient (Wildman–Crippen LogP) is 4.99. The van der Waals surface area contributed by atoms with E-state index in [1.165, 1.54) is 0 Å². The molecule has 0 saturated carbocycles. The van der Waals surface area contributed by atoms with E-state index in [9.17, 15) is 20.1 Å². The van der Waals surface area contributed by atoms with Crippen LogP contribution in [0.2, 0.25) is 0 Å². The van der Waals surface area contributed by atoms with Crippen molar-refractivity contribution in [1.29, 1.82) is 0 Å². The van der Waals surface area contributed by atoms with Gasteiger partial charge in [0.25, 0.3) is 0 Å². The van der Waals surface area contributed by atoms with Gasteiger partial charge in [-0.2, -0.15) is 0 Å². The van der Waals surface area contributed by atoms with Crippen LogP contribution >= 0.6 is 0 Å². The third-order valence-electron chi connectivity index (χ3n) is 14.0. The molecule has 14 nitrogen and oxygen atoms in total. The molecule has 1 aliphatic carbocycles. The first-order chi connectivity index (χ1) is 29.0. The number of carbonyl (C=O) groups is 1. The van der Waals surface area contributed by atoms with E-state index in [4.69, 9.17) is 47.4 Å². The lowest BCUT2D eigenvalue weighted by Crippen LogP contribution is -2.58. The third-order valence-corrected chi connectivity index (χ3v) is 14.0. The molecular formula is C47H70O14. The molecule has 14 heteroatoms. The molecule has 4 fully saturated rings. The van der Waals surface area contributed by atoms with E-state index in [0.29, 0.717) is 43.3 Å². The van der Waals surface area contributed by atoms with E-state index in [0.717, 1.165) is 5.57 Å². The zero-order valence-electron chi connectivity index (χ0n) is 37.5. The lowest BCUT2D eigenvalue weighted by molar-refractivity contribution is -0.318. The number of ether oxygens (including phenoxy) is 10. The van der Waals surface area contributed by atoms with Gasteiger partial charge in [0.05, 0.1) is 49.3 Å². The van der Waals surface area contributed by atoms with Gasteiger partial charge in [-0.15, -0.1) is 0 Å². The standard InChI is InChI=1S/C47H70O14/c1-24(2)41-27(5)16-17-46(61-41)22-33-19-32(60-46)15-14-26(4)42(25(3)12-11-13-31-23-54-44-39(48)28(6)18-34(45(50)57-33)47(31,44)51)58-38-21-36(53-10)43(30(8)56-38)59-37-20-35(52-9)40(49)29(7)55-37/h11-14,16-18,24-25,27,29-30,32-44,48-49,51H,15,19-23H2,1-10H3/b12-11+,26-14+,31-13+/t25-,27+,29-,30-,32-,33-,34-,35-,36-,37-,38-,39-,40-,41+,42+,43-,44+,46-,47+/m0/s1. The van der Waals surface area contributed by atoms with Crippen LogP contribution in [0.4, 0.5) is 0 Å². The van der Waals surface area contributed by atoms with Gasteiger partial charge in [-0.3, -0.25) is 4.79 Å². The fourth-order valence-corrected chi connectivity index (χ4v) is 10.4. The Morgan fingerprint density at radius 3 is 2.28 bits per heavy atom. The van der Waals surface area contributed by atoms with Crippen molar-refractivity contribution in [2.24, 2.45) is 23.7 Å². The van der Waals surface area contributed by atoms with E-state index in [2.05, 4.69) is 39.8 Å². The van der Waals surface area contributed by atoms with Crippen LogP contribution in [0.5, 0.6) is 0 Å². The summed E-state index contributed by atoms with van der Waals surface area (Å²) < 4.78 is 63.5. The van der Waals surface area contributed by atoms with Crippen LogP contribution < -0.4 is 0 Å². The predicted molar refractivity (Wildman–Crippen MR) is 223 cm³/mol. The van der Waals surface area contributed by atoms with Gasteiger partial charge in [-0.1, -0.05) is 64.2 Å². The summed E-state index contributed by atoms with van der Waals surface area (Å²) >= 11 is 0. The third kappa shape index (κ3) is 9.58. The van der Waals surface area contributed by atoms with Gasteiger partial charge in [-0.25, -0.2) is 0 Å². The minimum absolute atomic E-state index is 0.0313. The van der Waals surface area contributed by atoms with Gasteiger partial charge < -0.3 is 62.7 Å². The number of aliphatic hydroxyl groups excluding tert-OH is 2. The summed E-state index contributed by atoms with van der Waals surface area (Å²) in [6, 6.07) is 0. The molecule has 0 aromatic heterocycles. The molecule has 7 aliphatic rings. The molecule has 6 heterocycles. The Balaban J connectivity index is 1.18. The van der Waals surface area contributed by atoms with Crippen LogP contribution in [0, 0.1) is 23.7 Å². The molecule has 0 unspecified atom stereocenters. The topological polar surface area (TPSA) is 170 Å². The first-order valence-electron chi connectivity index (χ1n) is 22.3. The Morgan fingerprint density at radius 1 is 0.852 bits per heavy atom. The maximum atomic E-state index is 14.3. The van der Waals surface area contributed by atoms with Crippen molar-refractivity contribution < 1.29 is 67.5 Å². The van der Waals surface area contributed by atoms with Crippen LogP contribution in [-0.4, -0.2) is 139 Å². The second kappa shape index (κ2) is 19.0. The molecule has 61 heavy (non-hydrogen) atoms. The Labute approximate surface area is 361 Å². The summed E-state index contributed by atoms with van der Waals surface area (Å²) in [4.78, 5) is 14.3. The minimum atomic E-state index is -1.83. The maximum Gasteiger partial charge on any atom is 0.316 e. The molecule has 2 bridgehead atoms. The number of esters is 1. The van der Waals surface area contributed by atoms with Crippen LogP contribution in [0.15, 0.2) is 59.3 Å². The fraction of sp³-hybridized carbons (Fsp3) is 0.766. The molecule has 0 radical (unpaired) electrons. The molecule has 0 amide bonds. The van der Waals surface area contributed by atoms with Crippen molar-refractivity contribution in [1.82, 2.24) is 0 Å². The van der Waals surface area contributed by atoms with Crippen LogP contribution in [-0.2, 0) is 52.2 Å². The SMILES string of the molecule is CO[C@H]1C[C@H](O[C@H]2[C@H](C)O[C@@H](O[C@H]3/C(C)=C/C[C@H]4C[C@@H](C[C@@]5(C=C[C@@H](C)[C@@H](C(C)C)O5)O4)OC(=O)[C@@H]4C=C(C)[C@H](O)[C@H]5OC/C(=C\C=C\[C@@H]3C)[C@]54O)C[C@@H]2OC)O[C@@H](C)[C@@H]1O. The molecule has 6 aliphatic heterocycles. The van der Waals surface area contributed by atoms with Crippen molar-refractivity contribution in [2.75, 3.05) is 20.8 Å². The summed E-state index contributed by atoms with van der Waals surface area (Å²) in [5.74, 6) is -2.62. The highest BCUT2D eigenvalue weighted by molar-refractivity contribution is 5.78. The van der Waals surface area contributed by atoms with Gasteiger partial charge >= 0.3 is 5.97 Å². The molecule has 4 saturated heterocycles. The number of fused-ring (bicyclic) bond motifs is 2. The number of methoxy groups -OCH3 is 2. The maximum absolute atomic E-state index is 14.3.